The van der Waals surface area contributed by atoms with Crippen LogP contribution < -0.4 is 0 Å². The molecule has 3 rings (SSSR count). The molecule has 3 aromatic rings. The smallest absolute Gasteiger partial charge is 0.325 e. The number of allylic oxidation sites excluding steroid dienone is 2. The molecule has 0 saturated carbocycles. The molecular formula is C26H26F2N2O3S. The third kappa shape index (κ3) is 5.39. The zero-order valence-electron chi connectivity index (χ0n) is 19.3. The fourth-order valence-electron chi connectivity index (χ4n) is 3.84. The molecular weight excluding hydrogens is 458 g/mol. The number of ether oxygens (including phenoxy) is 1. The molecule has 0 amide bonds. The van der Waals surface area contributed by atoms with E-state index in [9.17, 15) is 17.8 Å². The highest BCUT2D eigenvalue weighted by atomic mass is 32.2. The lowest BCUT2D eigenvalue weighted by Gasteiger charge is -2.12. The molecule has 0 aliphatic carbocycles. The minimum absolute atomic E-state index is 0.0153. The fraction of sp³-hybridized carbons (Fsp3) is 0.231. The second kappa shape index (κ2) is 11.2. The van der Waals surface area contributed by atoms with Crippen LogP contribution in [-0.4, -0.2) is 33.4 Å². The minimum atomic E-state index is -1.67. The zero-order valence-corrected chi connectivity index (χ0v) is 20.1. The molecule has 0 N–H and O–H groups in total. The lowest BCUT2D eigenvalue weighted by atomic mass is 10.0. The van der Waals surface area contributed by atoms with Crippen molar-refractivity contribution in [2.75, 3.05) is 13.7 Å². The van der Waals surface area contributed by atoms with Gasteiger partial charge in [0.05, 0.1) is 6.61 Å². The van der Waals surface area contributed by atoms with E-state index in [0.29, 0.717) is 26.4 Å². The number of aromatic nitrogens is 1. The van der Waals surface area contributed by atoms with Crippen LogP contribution in [0.1, 0.15) is 18.2 Å². The van der Waals surface area contributed by atoms with E-state index in [2.05, 4.69) is 11.6 Å². The number of benzene rings is 2. The number of carbonyl (C=O) groups excluding carboxylic acids is 1. The molecule has 2 aromatic carbocycles. The van der Waals surface area contributed by atoms with Crippen LogP contribution in [0.3, 0.4) is 0 Å². The van der Waals surface area contributed by atoms with Crippen molar-refractivity contribution in [3.63, 3.8) is 0 Å². The van der Waals surface area contributed by atoms with Gasteiger partial charge in [-0.15, -0.1) is 0 Å². The van der Waals surface area contributed by atoms with Crippen LogP contribution in [0, 0.1) is 18.6 Å². The molecule has 0 saturated heterocycles. The van der Waals surface area contributed by atoms with Gasteiger partial charge in [0, 0.05) is 35.0 Å². The van der Waals surface area contributed by atoms with Crippen molar-refractivity contribution in [1.82, 2.24) is 4.57 Å². The van der Waals surface area contributed by atoms with Crippen molar-refractivity contribution < 1.29 is 22.5 Å². The first-order chi connectivity index (χ1) is 16.3. The normalized spacial score (nSPS) is 13.2. The van der Waals surface area contributed by atoms with E-state index >= 15 is 0 Å². The summed E-state index contributed by atoms with van der Waals surface area (Å²) in [7, 11) is -0.140. The van der Waals surface area contributed by atoms with Crippen molar-refractivity contribution in [2.24, 2.45) is 4.99 Å². The van der Waals surface area contributed by atoms with Crippen molar-refractivity contribution in [3.8, 4) is 0 Å². The second-order valence-electron chi connectivity index (χ2n) is 7.47. The summed E-state index contributed by atoms with van der Waals surface area (Å²) in [6.07, 6.45) is 3.54. The summed E-state index contributed by atoms with van der Waals surface area (Å²) in [5.41, 5.74) is 2.83. The molecule has 8 heteroatoms. The van der Waals surface area contributed by atoms with Gasteiger partial charge in [0.25, 0.3) is 0 Å². The molecule has 1 unspecified atom stereocenters. The van der Waals surface area contributed by atoms with Crippen molar-refractivity contribution in [1.29, 1.82) is 0 Å². The molecule has 0 fully saturated rings. The number of carbonyl (C=O) groups is 1. The molecule has 1 heterocycles. The molecule has 0 bridgehead atoms. The quantitative estimate of drug-likeness (QED) is 0.189. The van der Waals surface area contributed by atoms with Crippen molar-refractivity contribution in [2.45, 2.75) is 31.7 Å². The Labute approximate surface area is 199 Å². The average molecular weight is 485 g/mol. The third-order valence-electron chi connectivity index (χ3n) is 5.38. The maximum absolute atomic E-state index is 14.2. The third-order valence-corrected chi connectivity index (χ3v) is 6.87. The number of nitrogens with zero attached hydrogens (tertiary/aromatic N) is 2. The summed E-state index contributed by atoms with van der Waals surface area (Å²) >= 11 is 0. The Morgan fingerprint density at radius 3 is 2.47 bits per heavy atom. The highest BCUT2D eigenvalue weighted by Gasteiger charge is 2.22. The molecule has 0 aliphatic heterocycles. The molecule has 1 aromatic heterocycles. The Morgan fingerprint density at radius 1 is 1.18 bits per heavy atom. The maximum atomic E-state index is 14.2. The molecule has 34 heavy (non-hydrogen) atoms. The lowest BCUT2D eigenvalue weighted by Crippen LogP contribution is -2.15. The van der Waals surface area contributed by atoms with Crippen molar-refractivity contribution in [3.05, 3.63) is 89.7 Å². The summed E-state index contributed by atoms with van der Waals surface area (Å²) in [6.45, 7) is 7.58. The minimum Gasteiger partial charge on any atom is -0.465 e. The number of hydrogen-bond donors (Lipinski definition) is 0. The van der Waals surface area contributed by atoms with Crippen LogP contribution in [0.4, 0.5) is 8.78 Å². The van der Waals surface area contributed by atoms with E-state index in [1.54, 1.807) is 29.7 Å². The van der Waals surface area contributed by atoms with Gasteiger partial charge in [0.15, 0.2) is 0 Å². The summed E-state index contributed by atoms with van der Waals surface area (Å²) in [6, 6.07) is 9.78. The van der Waals surface area contributed by atoms with Gasteiger partial charge in [0.2, 0.25) is 0 Å². The lowest BCUT2D eigenvalue weighted by molar-refractivity contribution is -0.143. The van der Waals surface area contributed by atoms with Gasteiger partial charge in [-0.1, -0.05) is 18.7 Å². The zero-order chi connectivity index (χ0) is 24.8. The molecule has 0 aliphatic rings. The average Bonchev–Trinajstić information content (AvgIpc) is 3.05. The summed E-state index contributed by atoms with van der Waals surface area (Å²) < 4.78 is 47.7. The Morgan fingerprint density at radius 2 is 1.85 bits per heavy atom. The van der Waals surface area contributed by atoms with E-state index < -0.39 is 28.4 Å². The molecule has 178 valence electrons. The van der Waals surface area contributed by atoms with E-state index in [0.717, 1.165) is 11.3 Å². The Balaban J connectivity index is 2.08. The highest BCUT2D eigenvalue weighted by Crippen LogP contribution is 2.30. The largest absolute Gasteiger partial charge is 0.465 e. The Kier molecular flexibility index (Phi) is 8.28. The topological polar surface area (TPSA) is 60.7 Å². The number of esters is 1. The van der Waals surface area contributed by atoms with Gasteiger partial charge < -0.3 is 9.30 Å². The first-order valence-corrected chi connectivity index (χ1v) is 11.8. The summed E-state index contributed by atoms with van der Waals surface area (Å²) in [4.78, 5) is 16.9. The van der Waals surface area contributed by atoms with Crippen LogP contribution in [-0.2, 0) is 33.3 Å². The van der Waals surface area contributed by atoms with E-state index in [4.69, 9.17) is 4.74 Å². The van der Waals surface area contributed by atoms with Gasteiger partial charge in [0.1, 0.15) is 34.0 Å². The first kappa shape index (κ1) is 25.2. The van der Waals surface area contributed by atoms with Crippen LogP contribution in [0.2, 0.25) is 0 Å². The van der Waals surface area contributed by atoms with Gasteiger partial charge in [-0.05, 0) is 67.4 Å². The van der Waals surface area contributed by atoms with Crippen molar-refractivity contribution >= 4 is 32.7 Å². The van der Waals surface area contributed by atoms with Crippen LogP contribution in [0.15, 0.2) is 76.7 Å². The van der Waals surface area contributed by atoms with Gasteiger partial charge in [-0.25, -0.2) is 13.0 Å². The number of rotatable bonds is 8. The maximum Gasteiger partial charge on any atom is 0.325 e. The Hall–Kier alpha value is -3.39. The predicted molar refractivity (Wildman–Crippen MR) is 131 cm³/mol. The fourth-order valence-corrected chi connectivity index (χ4v) is 4.99. The van der Waals surface area contributed by atoms with E-state index in [-0.39, 0.29) is 19.6 Å². The van der Waals surface area contributed by atoms with Crippen LogP contribution in [0.25, 0.3) is 10.9 Å². The van der Waals surface area contributed by atoms with Crippen LogP contribution in [0.5, 0.6) is 0 Å². The van der Waals surface area contributed by atoms with Crippen LogP contribution >= 0.6 is 0 Å². The monoisotopic (exact) mass is 484 g/mol. The number of aliphatic imine (C=N–C) groups is 1. The van der Waals surface area contributed by atoms with Gasteiger partial charge in [-0.3, -0.25) is 9.79 Å². The Bertz CT molecular complexity index is 1310. The summed E-state index contributed by atoms with van der Waals surface area (Å²) in [5, 5.41) is 0.938. The predicted octanol–water partition coefficient (Wildman–Crippen LogP) is 5.28. The number of halogens is 2. The second-order valence-corrected chi connectivity index (χ2v) is 8.87. The SMILES string of the molecule is C=C/C=C(/Cc1c(C)n(CC(=O)OCC)c2ccc(F)cc12)C(=NC)S(=O)c1ccc(F)cc1. The molecule has 1 atom stereocenters. The van der Waals surface area contributed by atoms with E-state index in [1.165, 1.54) is 43.4 Å². The number of hydrogen-bond acceptors (Lipinski definition) is 4. The molecule has 5 nitrogen and oxygen atoms in total. The molecule has 0 spiro atoms. The standard InChI is InChI=1S/C26H26F2N2O3S/c1-5-7-18(26(29-4)34(32)21-11-8-19(27)9-12-21)14-22-17(3)30(16-25(31)33-6-2)24-13-10-20(28)15-23(22)24/h5,7-13,15H,1,6,14,16H2,2-4H3/b18-7-,29-26?. The van der Waals surface area contributed by atoms with E-state index in [1.807, 2.05) is 6.92 Å². The van der Waals surface area contributed by atoms with Gasteiger partial charge in [-0.2, -0.15) is 0 Å². The molecule has 0 radical (unpaired) electrons. The summed E-state index contributed by atoms with van der Waals surface area (Å²) in [5.74, 6) is -1.23. The number of fused-ring (bicyclic) bond motifs is 1. The first-order valence-electron chi connectivity index (χ1n) is 10.7. The van der Waals surface area contributed by atoms with Gasteiger partial charge >= 0.3 is 5.97 Å². The highest BCUT2D eigenvalue weighted by molar-refractivity contribution is 8.01.